The first kappa shape index (κ1) is 18.3. The Morgan fingerprint density at radius 2 is 1.85 bits per heavy atom. The number of rotatable bonds is 6. The zero-order chi connectivity index (χ0) is 18.7. The summed E-state index contributed by atoms with van der Waals surface area (Å²) in [5, 5.41) is 3.91. The molecule has 0 radical (unpaired) electrons. The quantitative estimate of drug-likeness (QED) is 0.715. The van der Waals surface area contributed by atoms with Gasteiger partial charge in [-0.1, -0.05) is 54.9 Å². The zero-order valence-electron chi connectivity index (χ0n) is 14.9. The molecule has 0 amide bonds. The first-order valence-electron chi connectivity index (χ1n) is 8.34. The highest BCUT2D eigenvalue weighted by atomic mass is 32.2. The molecule has 3 rings (SSSR count). The van der Waals surface area contributed by atoms with Crippen LogP contribution >= 0.6 is 0 Å². The van der Waals surface area contributed by atoms with Gasteiger partial charge in [0.25, 0.3) is 0 Å². The van der Waals surface area contributed by atoms with Crippen molar-refractivity contribution in [3.63, 3.8) is 0 Å². The number of nitrogens with one attached hydrogen (secondary N) is 1. The Morgan fingerprint density at radius 3 is 2.50 bits per heavy atom. The van der Waals surface area contributed by atoms with Crippen LogP contribution in [-0.2, 0) is 16.6 Å². The van der Waals surface area contributed by atoms with Crippen LogP contribution in [0, 0.1) is 6.92 Å². The van der Waals surface area contributed by atoms with Gasteiger partial charge in [0.05, 0.1) is 11.4 Å². The van der Waals surface area contributed by atoms with Gasteiger partial charge in [0.2, 0.25) is 21.7 Å². The summed E-state index contributed by atoms with van der Waals surface area (Å²) in [6.45, 7) is 6.03. The standard InChI is InChI=1S/C19H21N3O3S/c1-13(2)15-7-9-17(10-8-15)26(23,24)20-12-18-21-19(22-25-18)16-6-4-5-14(3)11-16/h4-11,13,20H,12H2,1-3H3. The van der Waals surface area contributed by atoms with Crippen molar-refractivity contribution in [2.45, 2.75) is 38.1 Å². The molecular weight excluding hydrogens is 350 g/mol. The monoisotopic (exact) mass is 371 g/mol. The second-order valence-electron chi connectivity index (χ2n) is 6.43. The predicted octanol–water partition coefficient (Wildman–Crippen LogP) is 3.65. The van der Waals surface area contributed by atoms with Gasteiger partial charge < -0.3 is 4.52 Å². The SMILES string of the molecule is Cc1cccc(-c2noc(CNS(=O)(=O)c3ccc(C(C)C)cc3)n2)c1. The lowest BCUT2D eigenvalue weighted by atomic mass is 10.0. The van der Waals surface area contributed by atoms with E-state index in [9.17, 15) is 8.42 Å². The van der Waals surface area contributed by atoms with Gasteiger partial charge in [0.1, 0.15) is 0 Å². The van der Waals surface area contributed by atoms with Gasteiger partial charge in [0.15, 0.2) is 0 Å². The Morgan fingerprint density at radius 1 is 1.12 bits per heavy atom. The van der Waals surface area contributed by atoms with E-state index in [2.05, 4.69) is 28.7 Å². The first-order valence-corrected chi connectivity index (χ1v) is 9.83. The molecule has 26 heavy (non-hydrogen) atoms. The van der Waals surface area contributed by atoms with Crippen LogP contribution in [0.4, 0.5) is 0 Å². The second-order valence-corrected chi connectivity index (χ2v) is 8.20. The molecule has 7 heteroatoms. The molecule has 0 saturated heterocycles. The largest absolute Gasteiger partial charge is 0.338 e. The van der Waals surface area contributed by atoms with Gasteiger partial charge in [0, 0.05) is 5.56 Å². The average molecular weight is 371 g/mol. The maximum Gasteiger partial charge on any atom is 0.242 e. The molecule has 2 aromatic carbocycles. The maximum atomic E-state index is 12.4. The van der Waals surface area contributed by atoms with Crippen LogP contribution in [0.2, 0.25) is 0 Å². The highest BCUT2D eigenvalue weighted by Gasteiger charge is 2.16. The van der Waals surface area contributed by atoms with Crippen LogP contribution in [-0.4, -0.2) is 18.6 Å². The summed E-state index contributed by atoms with van der Waals surface area (Å²) in [7, 11) is -3.64. The lowest BCUT2D eigenvalue weighted by Gasteiger charge is -2.08. The van der Waals surface area contributed by atoms with Crippen LogP contribution in [0.1, 0.15) is 36.8 Å². The lowest BCUT2D eigenvalue weighted by molar-refractivity contribution is 0.376. The second kappa shape index (κ2) is 7.39. The molecule has 3 aromatic rings. The molecule has 1 aromatic heterocycles. The third-order valence-electron chi connectivity index (χ3n) is 4.01. The molecule has 0 spiro atoms. The molecule has 0 aliphatic carbocycles. The molecule has 1 N–H and O–H groups in total. The van der Waals surface area contributed by atoms with E-state index in [-0.39, 0.29) is 17.3 Å². The van der Waals surface area contributed by atoms with Crippen LogP contribution in [0.15, 0.2) is 57.9 Å². The molecule has 0 unspecified atom stereocenters. The van der Waals surface area contributed by atoms with E-state index in [0.29, 0.717) is 11.7 Å². The fourth-order valence-electron chi connectivity index (χ4n) is 2.50. The van der Waals surface area contributed by atoms with E-state index in [1.54, 1.807) is 12.1 Å². The Balaban J connectivity index is 1.70. The predicted molar refractivity (Wildman–Crippen MR) is 99.0 cm³/mol. The highest BCUT2D eigenvalue weighted by Crippen LogP contribution is 2.19. The first-order chi connectivity index (χ1) is 12.3. The van der Waals surface area contributed by atoms with Crippen LogP contribution in [0.5, 0.6) is 0 Å². The molecule has 136 valence electrons. The van der Waals surface area contributed by atoms with Crippen molar-refractivity contribution in [3.05, 3.63) is 65.5 Å². The van der Waals surface area contributed by atoms with Crippen LogP contribution < -0.4 is 4.72 Å². The number of hydrogen-bond acceptors (Lipinski definition) is 5. The minimum absolute atomic E-state index is 0.0624. The van der Waals surface area contributed by atoms with Crippen molar-refractivity contribution in [3.8, 4) is 11.4 Å². The van der Waals surface area contributed by atoms with Gasteiger partial charge in [-0.05, 0) is 36.6 Å². The van der Waals surface area contributed by atoms with Crippen LogP contribution in [0.25, 0.3) is 11.4 Å². The van der Waals surface area contributed by atoms with Gasteiger partial charge in [-0.15, -0.1) is 0 Å². The molecule has 1 heterocycles. The minimum Gasteiger partial charge on any atom is -0.338 e. The molecule has 0 saturated carbocycles. The zero-order valence-corrected chi connectivity index (χ0v) is 15.7. The topological polar surface area (TPSA) is 85.1 Å². The third-order valence-corrected chi connectivity index (χ3v) is 5.43. The van der Waals surface area contributed by atoms with E-state index in [1.165, 1.54) is 0 Å². The Bertz CT molecular complexity index is 993. The molecule has 0 bridgehead atoms. The summed E-state index contributed by atoms with van der Waals surface area (Å²) in [6, 6.07) is 14.5. The van der Waals surface area contributed by atoms with E-state index in [4.69, 9.17) is 4.52 Å². The molecule has 0 aliphatic heterocycles. The van der Waals surface area contributed by atoms with Crippen LogP contribution in [0.3, 0.4) is 0 Å². The van der Waals surface area contributed by atoms with Crippen molar-refractivity contribution in [1.29, 1.82) is 0 Å². The normalized spacial score (nSPS) is 11.8. The fourth-order valence-corrected chi connectivity index (χ4v) is 3.47. The van der Waals surface area contributed by atoms with E-state index in [0.717, 1.165) is 16.7 Å². The number of sulfonamides is 1. The maximum absolute atomic E-state index is 12.4. The van der Waals surface area contributed by atoms with E-state index in [1.807, 2.05) is 43.3 Å². The smallest absolute Gasteiger partial charge is 0.242 e. The van der Waals surface area contributed by atoms with Crippen molar-refractivity contribution < 1.29 is 12.9 Å². The van der Waals surface area contributed by atoms with Gasteiger partial charge in [-0.2, -0.15) is 4.98 Å². The molecule has 0 fully saturated rings. The molecular formula is C19H21N3O3S. The van der Waals surface area contributed by atoms with E-state index < -0.39 is 10.0 Å². The lowest BCUT2D eigenvalue weighted by Crippen LogP contribution is -2.23. The Hall–Kier alpha value is -2.51. The fraction of sp³-hybridized carbons (Fsp3) is 0.263. The number of hydrogen-bond donors (Lipinski definition) is 1. The molecule has 0 aliphatic rings. The van der Waals surface area contributed by atoms with Gasteiger partial charge in [-0.25, -0.2) is 13.1 Å². The van der Waals surface area contributed by atoms with Gasteiger partial charge in [-0.3, -0.25) is 0 Å². The average Bonchev–Trinajstić information content (AvgIpc) is 3.09. The summed E-state index contributed by atoms with van der Waals surface area (Å²) in [5.74, 6) is 0.992. The van der Waals surface area contributed by atoms with Crippen molar-refractivity contribution in [1.82, 2.24) is 14.9 Å². The van der Waals surface area contributed by atoms with Crippen molar-refractivity contribution >= 4 is 10.0 Å². The summed E-state index contributed by atoms with van der Waals surface area (Å²) >= 11 is 0. The minimum atomic E-state index is -3.64. The number of benzene rings is 2. The summed E-state index contributed by atoms with van der Waals surface area (Å²) in [5.41, 5.74) is 3.00. The third kappa shape index (κ3) is 4.17. The van der Waals surface area contributed by atoms with Crippen molar-refractivity contribution in [2.75, 3.05) is 0 Å². The molecule has 6 nitrogen and oxygen atoms in total. The summed E-state index contributed by atoms with van der Waals surface area (Å²) < 4.78 is 32.5. The summed E-state index contributed by atoms with van der Waals surface area (Å²) in [6.07, 6.45) is 0. The Kier molecular flexibility index (Phi) is 5.20. The number of nitrogens with zero attached hydrogens (tertiary/aromatic N) is 2. The number of aryl methyl sites for hydroxylation is 1. The van der Waals surface area contributed by atoms with Gasteiger partial charge >= 0.3 is 0 Å². The highest BCUT2D eigenvalue weighted by molar-refractivity contribution is 7.89. The number of aromatic nitrogens is 2. The summed E-state index contributed by atoms with van der Waals surface area (Å²) in [4.78, 5) is 4.46. The Labute approximate surface area is 153 Å². The van der Waals surface area contributed by atoms with Crippen molar-refractivity contribution in [2.24, 2.45) is 0 Å². The molecule has 0 atom stereocenters. The van der Waals surface area contributed by atoms with E-state index >= 15 is 0 Å².